The second-order valence-electron chi connectivity index (χ2n) is 20.8. The molecule has 4 rings (SSSR count). The third-order valence-electron chi connectivity index (χ3n) is 13.4. The Hall–Kier alpha value is -5.26. The van der Waals surface area contributed by atoms with Crippen molar-refractivity contribution in [3.63, 3.8) is 0 Å². The van der Waals surface area contributed by atoms with Crippen molar-refractivity contribution in [2.75, 3.05) is 53.4 Å². The molecular weight excluding hydrogens is 857 g/mol. The van der Waals surface area contributed by atoms with Gasteiger partial charge in [-0.15, -0.1) is 11.8 Å². The molecule has 0 bridgehead atoms. The minimum atomic E-state index is -0.723. The van der Waals surface area contributed by atoms with E-state index in [9.17, 15) is 28.8 Å². The van der Waals surface area contributed by atoms with Crippen LogP contribution in [0.2, 0.25) is 0 Å². The Kier molecular flexibility index (Phi) is 21.6. The molecule has 0 radical (unpaired) electrons. The molecule has 0 saturated carbocycles. The zero-order chi connectivity index (χ0) is 50.0. The van der Waals surface area contributed by atoms with Crippen LogP contribution in [0.15, 0.2) is 60.7 Å². The summed E-state index contributed by atoms with van der Waals surface area (Å²) in [7, 11) is 3.42. The molecule has 0 spiro atoms. The molecule has 68 heavy (non-hydrogen) atoms. The van der Waals surface area contributed by atoms with Gasteiger partial charge in [-0.25, -0.2) is 0 Å². The van der Waals surface area contributed by atoms with E-state index in [4.69, 9.17) is 0 Å². The van der Waals surface area contributed by atoms with E-state index in [1.165, 1.54) is 0 Å². The summed E-state index contributed by atoms with van der Waals surface area (Å²) in [5.74, 6) is 5.51. The van der Waals surface area contributed by atoms with Crippen LogP contribution in [0.25, 0.3) is 0 Å². The van der Waals surface area contributed by atoms with Crippen molar-refractivity contribution in [3.8, 4) is 11.8 Å². The predicted octanol–water partition coefficient (Wildman–Crippen LogP) is 4.95. The number of benzene rings is 2. The number of hydrogen-bond donors (Lipinski definition) is 4. The second kappa shape index (κ2) is 26.5. The van der Waals surface area contributed by atoms with Gasteiger partial charge in [0.1, 0.15) is 12.1 Å². The van der Waals surface area contributed by atoms with Gasteiger partial charge < -0.3 is 40.9 Å². The Labute approximate surface area is 407 Å². The molecule has 14 nitrogen and oxygen atoms in total. The average Bonchev–Trinajstić information content (AvgIpc) is 3.99. The van der Waals surface area contributed by atoms with E-state index in [0.717, 1.165) is 36.8 Å². The maximum absolute atomic E-state index is 14.2. The molecule has 374 valence electrons. The molecular formula is C54H82N8O6. The number of rotatable bonds is 22. The fraction of sp³-hybridized carbons (Fsp3) is 0.630. The van der Waals surface area contributed by atoms with E-state index in [-0.39, 0.29) is 60.4 Å². The molecule has 2 aromatic rings. The van der Waals surface area contributed by atoms with Crippen LogP contribution < -0.4 is 21.3 Å². The average molecular weight is 939 g/mol. The number of nitrogens with zero attached hydrogens (tertiary/aromatic N) is 4. The van der Waals surface area contributed by atoms with Crippen LogP contribution in [0.5, 0.6) is 0 Å². The first-order valence-electron chi connectivity index (χ1n) is 24.9. The first-order valence-corrected chi connectivity index (χ1v) is 24.9. The molecule has 14 heteroatoms. The van der Waals surface area contributed by atoms with Crippen molar-refractivity contribution in [1.82, 2.24) is 40.9 Å². The zero-order valence-electron chi connectivity index (χ0n) is 42.8. The lowest BCUT2D eigenvalue weighted by molar-refractivity contribution is -0.142. The lowest BCUT2D eigenvalue weighted by atomic mass is 9.85. The Bertz CT molecular complexity index is 1880. The van der Waals surface area contributed by atoms with Gasteiger partial charge >= 0.3 is 0 Å². The van der Waals surface area contributed by atoms with Crippen LogP contribution in [0.1, 0.15) is 118 Å². The molecule has 4 N–H and O–H groups in total. The highest BCUT2D eigenvalue weighted by Gasteiger charge is 2.42. The minimum absolute atomic E-state index is 0.0401. The van der Waals surface area contributed by atoms with E-state index in [2.05, 4.69) is 33.1 Å². The highest BCUT2D eigenvalue weighted by Crippen LogP contribution is 2.28. The maximum atomic E-state index is 14.2. The predicted molar refractivity (Wildman–Crippen MR) is 269 cm³/mol. The maximum Gasteiger partial charge on any atom is 0.246 e. The van der Waals surface area contributed by atoms with Gasteiger partial charge in [0, 0.05) is 77.0 Å². The highest BCUT2D eigenvalue weighted by atomic mass is 16.2. The Morgan fingerprint density at radius 2 is 0.956 bits per heavy atom. The number of likely N-dealkylation sites (tertiary alicyclic amines) is 2. The van der Waals surface area contributed by atoms with Gasteiger partial charge in [0.05, 0.1) is 12.1 Å². The summed E-state index contributed by atoms with van der Waals surface area (Å²) in [4.78, 5) is 89.8. The van der Waals surface area contributed by atoms with E-state index in [1.54, 1.807) is 27.9 Å². The largest absolute Gasteiger partial charge is 0.342 e. The van der Waals surface area contributed by atoms with Crippen LogP contribution in [-0.4, -0.2) is 145 Å². The molecule has 2 aliphatic rings. The summed E-state index contributed by atoms with van der Waals surface area (Å²) in [5.41, 5.74) is 1.18. The summed E-state index contributed by atoms with van der Waals surface area (Å²) in [6.07, 6.45) is 5.56. The van der Waals surface area contributed by atoms with E-state index in [0.29, 0.717) is 65.0 Å². The third-order valence-corrected chi connectivity index (χ3v) is 13.4. The van der Waals surface area contributed by atoms with Crippen LogP contribution in [0, 0.1) is 22.7 Å². The SMILES string of the molecule is CN[C@@H](C)C(=O)N[C@H](C(=O)N1CCC[C@H]1CN(CCc1ccccc1)C(=O)CCC#CCCC(=O)N(CCc1ccccc1)C[C@@H]1CCCN1C(=O)[C@@H](NC(=O)[C@H](C)NC)C(C)(C)C)C(C)(C)C. The van der Waals surface area contributed by atoms with Crippen molar-refractivity contribution in [1.29, 1.82) is 0 Å². The second-order valence-corrected chi connectivity index (χ2v) is 20.8. The van der Waals surface area contributed by atoms with Crippen LogP contribution in [0.4, 0.5) is 0 Å². The topological polar surface area (TPSA) is 163 Å². The normalized spacial score (nSPS) is 17.9. The standard InChI is InChI=1S/C54H82N8O6/c1-39(55-9)49(65)57-47(53(3,4)5)51(67)61-33-21-27-43(61)37-59(35-31-41-23-15-13-16-24-41)45(63)29-19-11-12-20-30-46(64)60(36-32-42-25-17-14-18-26-42)38-44-28-22-34-62(44)52(68)48(54(6,7)8)58-50(66)40(2)56-10/h13-18,23-26,39-40,43-44,47-48,55-56H,19-22,27-38H2,1-10H3,(H,57,65)(H,58,66)/t39-,40-,43-,44-,47+,48+/m0/s1. The molecule has 0 unspecified atom stereocenters. The molecule has 6 atom stereocenters. The van der Waals surface area contributed by atoms with Crippen LogP contribution in [0.3, 0.4) is 0 Å². The molecule has 6 amide bonds. The van der Waals surface area contributed by atoms with Gasteiger partial charge in [0.25, 0.3) is 0 Å². The van der Waals surface area contributed by atoms with Crippen molar-refractivity contribution < 1.29 is 28.8 Å². The summed E-state index contributed by atoms with van der Waals surface area (Å²) < 4.78 is 0. The van der Waals surface area contributed by atoms with E-state index in [1.807, 2.05) is 122 Å². The molecule has 2 heterocycles. The number of nitrogens with one attached hydrogen (secondary N) is 4. The number of likely N-dealkylation sites (N-methyl/N-ethyl adjacent to an activating group) is 2. The third kappa shape index (κ3) is 16.8. The number of hydrogen-bond acceptors (Lipinski definition) is 8. The minimum Gasteiger partial charge on any atom is -0.342 e. The van der Waals surface area contributed by atoms with Gasteiger partial charge in [0.15, 0.2) is 0 Å². The summed E-state index contributed by atoms with van der Waals surface area (Å²) >= 11 is 0. The first-order chi connectivity index (χ1) is 32.2. The van der Waals surface area contributed by atoms with Crippen LogP contribution >= 0.6 is 0 Å². The highest BCUT2D eigenvalue weighted by molar-refractivity contribution is 5.91. The smallest absolute Gasteiger partial charge is 0.246 e. The fourth-order valence-electron chi connectivity index (χ4n) is 8.85. The lowest BCUT2D eigenvalue weighted by Gasteiger charge is -2.37. The molecule has 0 aliphatic carbocycles. The van der Waals surface area contributed by atoms with Crippen molar-refractivity contribution >= 4 is 35.4 Å². The monoisotopic (exact) mass is 939 g/mol. The molecule has 2 aromatic carbocycles. The number of amides is 6. The summed E-state index contributed by atoms with van der Waals surface area (Å²) in [5, 5.41) is 11.9. The fourth-order valence-corrected chi connectivity index (χ4v) is 8.85. The number of carbonyl (C=O) groups is 6. The quantitative estimate of drug-likeness (QED) is 0.121. The van der Waals surface area contributed by atoms with Crippen molar-refractivity contribution in [3.05, 3.63) is 71.8 Å². The van der Waals surface area contributed by atoms with Gasteiger partial charge in [-0.05, 0) is 88.4 Å². The Morgan fingerprint density at radius 3 is 1.28 bits per heavy atom. The van der Waals surface area contributed by atoms with Gasteiger partial charge in [-0.1, -0.05) is 102 Å². The Balaban J connectivity index is 1.42. The first kappa shape index (κ1) is 55.3. The van der Waals surface area contributed by atoms with Crippen molar-refractivity contribution in [2.45, 2.75) is 156 Å². The van der Waals surface area contributed by atoms with Crippen LogP contribution in [-0.2, 0) is 41.6 Å². The summed E-state index contributed by atoms with van der Waals surface area (Å²) in [6.45, 7) is 18.1. The molecule has 2 aliphatic heterocycles. The van der Waals surface area contributed by atoms with E-state index >= 15 is 0 Å². The Morgan fingerprint density at radius 1 is 0.603 bits per heavy atom. The summed E-state index contributed by atoms with van der Waals surface area (Å²) in [6, 6.07) is 17.4. The van der Waals surface area contributed by atoms with Gasteiger partial charge in [-0.2, -0.15) is 0 Å². The molecule has 2 saturated heterocycles. The van der Waals surface area contributed by atoms with Gasteiger partial charge in [0.2, 0.25) is 35.4 Å². The van der Waals surface area contributed by atoms with Gasteiger partial charge in [-0.3, -0.25) is 28.8 Å². The molecule has 2 fully saturated rings. The lowest BCUT2D eigenvalue weighted by Crippen LogP contribution is -2.59. The van der Waals surface area contributed by atoms with E-state index < -0.39 is 35.0 Å². The van der Waals surface area contributed by atoms with Crippen molar-refractivity contribution in [2.24, 2.45) is 10.8 Å². The molecule has 0 aromatic heterocycles. The number of carbonyl (C=O) groups excluding carboxylic acids is 6. The zero-order valence-corrected chi connectivity index (χ0v) is 42.8.